The second-order valence-electron chi connectivity index (χ2n) is 6.49. The Morgan fingerprint density at radius 3 is 2.71 bits per heavy atom. The minimum Gasteiger partial charge on any atom is -0.474 e. The lowest BCUT2D eigenvalue weighted by Gasteiger charge is -2.29. The molecule has 0 bridgehead atoms. The topological polar surface area (TPSA) is 51.2 Å². The fraction of sp³-hybridized carbons (Fsp3) is 0.400. The second kappa shape index (κ2) is 7.95. The van der Waals surface area contributed by atoms with Crippen LogP contribution in [0, 0.1) is 6.92 Å². The number of hydrogen-bond acceptors (Lipinski definition) is 3. The summed E-state index contributed by atoms with van der Waals surface area (Å²) in [5.74, 6) is 0.791. The summed E-state index contributed by atoms with van der Waals surface area (Å²) in [7, 11) is 0. The number of nitrogens with zero attached hydrogens (tertiary/aromatic N) is 1. The molecule has 126 valence electrons. The molecule has 4 nitrogen and oxygen atoms in total. The summed E-state index contributed by atoms with van der Waals surface area (Å²) in [5.41, 5.74) is 2.26. The van der Waals surface area contributed by atoms with E-state index in [4.69, 9.17) is 4.74 Å². The van der Waals surface area contributed by atoms with Crippen LogP contribution in [-0.2, 0) is 11.2 Å². The number of hydrogen-bond donors (Lipinski definition) is 1. The largest absolute Gasteiger partial charge is 0.474 e. The Morgan fingerprint density at radius 1 is 1.17 bits per heavy atom. The van der Waals surface area contributed by atoms with Gasteiger partial charge in [0, 0.05) is 18.3 Å². The zero-order chi connectivity index (χ0) is 16.8. The van der Waals surface area contributed by atoms with Gasteiger partial charge in [0.1, 0.15) is 6.10 Å². The molecule has 2 aromatic rings. The van der Waals surface area contributed by atoms with Gasteiger partial charge < -0.3 is 10.1 Å². The van der Waals surface area contributed by atoms with Gasteiger partial charge in [-0.2, -0.15) is 0 Å². The third-order valence-corrected chi connectivity index (χ3v) is 4.41. The number of amides is 1. The van der Waals surface area contributed by atoms with Gasteiger partial charge in [-0.3, -0.25) is 4.79 Å². The number of benzene rings is 1. The molecule has 0 radical (unpaired) electrons. The Balaban J connectivity index is 1.42. The van der Waals surface area contributed by atoms with Gasteiger partial charge in [0.2, 0.25) is 11.8 Å². The monoisotopic (exact) mass is 324 g/mol. The van der Waals surface area contributed by atoms with E-state index in [2.05, 4.69) is 16.4 Å². The van der Waals surface area contributed by atoms with Crippen LogP contribution < -0.4 is 10.1 Å². The smallest absolute Gasteiger partial charge is 0.224 e. The Morgan fingerprint density at radius 2 is 2.00 bits per heavy atom. The summed E-state index contributed by atoms with van der Waals surface area (Å²) < 4.78 is 5.89. The van der Waals surface area contributed by atoms with E-state index in [0.29, 0.717) is 12.3 Å². The third-order valence-electron chi connectivity index (χ3n) is 4.41. The lowest BCUT2D eigenvalue weighted by atomic mass is 9.92. The number of nitrogens with one attached hydrogen (secondary N) is 1. The maximum atomic E-state index is 12.2. The molecule has 1 aromatic carbocycles. The Hall–Kier alpha value is -2.36. The second-order valence-corrected chi connectivity index (χ2v) is 6.49. The highest BCUT2D eigenvalue weighted by Gasteiger charge is 2.23. The van der Waals surface area contributed by atoms with E-state index in [9.17, 15) is 4.79 Å². The fourth-order valence-electron chi connectivity index (χ4n) is 3.20. The summed E-state index contributed by atoms with van der Waals surface area (Å²) in [6.45, 7) is 2.05. The van der Waals surface area contributed by atoms with E-state index in [1.165, 1.54) is 5.56 Å². The van der Waals surface area contributed by atoms with Crippen LogP contribution in [0.3, 0.4) is 0 Å². The van der Waals surface area contributed by atoms with Crippen LogP contribution in [0.25, 0.3) is 0 Å². The first-order valence-corrected chi connectivity index (χ1v) is 8.61. The highest BCUT2D eigenvalue weighted by atomic mass is 16.5. The average molecular weight is 324 g/mol. The quantitative estimate of drug-likeness (QED) is 0.916. The van der Waals surface area contributed by atoms with Crippen molar-refractivity contribution in [2.75, 3.05) is 0 Å². The van der Waals surface area contributed by atoms with Crippen molar-refractivity contribution in [1.29, 1.82) is 0 Å². The minimum absolute atomic E-state index is 0.106. The van der Waals surface area contributed by atoms with E-state index < -0.39 is 0 Å². The molecule has 1 aromatic heterocycles. The molecule has 3 rings (SSSR count). The maximum absolute atomic E-state index is 12.2. The molecule has 1 amide bonds. The van der Waals surface area contributed by atoms with Crippen LogP contribution >= 0.6 is 0 Å². The first-order chi connectivity index (χ1) is 11.7. The van der Waals surface area contributed by atoms with Crippen LogP contribution in [0.15, 0.2) is 48.7 Å². The molecule has 1 heterocycles. The first-order valence-electron chi connectivity index (χ1n) is 8.61. The van der Waals surface area contributed by atoms with E-state index >= 15 is 0 Å². The lowest BCUT2D eigenvalue weighted by molar-refractivity contribution is -0.121. The minimum atomic E-state index is 0.106. The lowest BCUT2D eigenvalue weighted by Crippen LogP contribution is -2.40. The Kier molecular flexibility index (Phi) is 5.47. The number of aryl methyl sites for hydroxylation is 1. The van der Waals surface area contributed by atoms with Gasteiger partial charge in [-0.15, -0.1) is 0 Å². The normalized spacial score (nSPS) is 20.4. The van der Waals surface area contributed by atoms with Gasteiger partial charge in [-0.25, -0.2) is 4.98 Å². The summed E-state index contributed by atoms with van der Waals surface area (Å²) in [6.07, 6.45) is 6.20. The number of pyridine rings is 1. The zero-order valence-corrected chi connectivity index (χ0v) is 14.1. The highest BCUT2D eigenvalue weighted by molar-refractivity contribution is 5.78. The molecule has 24 heavy (non-hydrogen) atoms. The highest BCUT2D eigenvalue weighted by Crippen LogP contribution is 2.22. The molecule has 1 aliphatic rings. The van der Waals surface area contributed by atoms with Crippen LogP contribution in [0.4, 0.5) is 0 Å². The van der Waals surface area contributed by atoms with Crippen molar-refractivity contribution in [3.63, 3.8) is 0 Å². The van der Waals surface area contributed by atoms with Crippen molar-refractivity contribution >= 4 is 5.91 Å². The molecule has 0 saturated heterocycles. The van der Waals surface area contributed by atoms with Gasteiger partial charge in [0.15, 0.2) is 0 Å². The summed E-state index contributed by atoms with van der Waals surface area (Å²) >= 11 is 0. The van der Waals surface area contributed by atoms with Crippen molar-refractivity contribution in [3.8, 4) is 5.88 Å². The van der Waals surface area contributed by atoms with E-state index in [0.717, 1.165) is 31.2 Å². The van der Waals surface area contributed by atoms with Gasteiger partial charge in [-0.05, 0) is 44.2 Å². The molecule has 1 N–H and O–H groups in total. The molecule has 0 atom stereocenters. The standard InChI is InChI=1S/C20H24N2O2/c1-15-5-4-6-16(13-15)14-19(23)22-17-8-10-18(11-9-17)24-20-7-2-3-12-21-20/h2-7,12-13,17-18H,8-11,14H2,1H3,(H,22,23). The molecule has 4 heteroatoms. The van der Waals surface area contributed by atoms with Gasteiger partial charge in [-0.1, -0.05) is 35.9 Å². The predicted octanol–water partition coefficient (Wildman–Crippen LogP) is 3.44. The number of ether oxygens (including phenoxy) is 1. The van der Waals surface area contributed by atoms with Crippen molar-refractivity contribution in [2.24, 2.45) is 0 Å². The van der Waals surface area contributed by atoms with Gasteiger partial charge >= 0.3 is 0 Å². The summed E-state index contributed by atoms with van der Waals surface area (Å²) in [4.78, 5) is 16.4. The van der Waals surface area contributed by atoms with Crippen molar-refractivity contribution in [3.05, 3.63) is 59.8 Å². The molecular weight excluding hydrogens is 300 g/mol. The number of rotatable bonds is 5. The van der Waals surface area contributed by atoms with Gasteiger partial charge in [0.05, 0.1) is 6.42 Å². The van der Waals surface area contributed by atoms with E-state index in [-0.39, 0.29) is 18.1 Å². The molecule has 0 spiro atoms. The Bertz CT molecular complexity index is 664. The van der Waals surface area contributed by atoms with Crippen molar-refractivity contribution < 1.29 is 9.53 Å². The molecule has 0 unspecified atom stereocenters. The van der Waals surface area contributed by atoms with Crippen LogP contribution in [0.5, 0.6) is 5.88 Å². The Labute approximate surface area is 143 Å². The summed E-state index contributed by atoms with van der Waals surface area (Å²) in [5, 5.41) is 3.16. The summed E-state index contributed by atoms with van der Waals surface area (Å²) in [6, 6.07) is 14.1. The molecule has 1 saturated carbocycles. The predicted molar refractivity (Wildman–Crippen MR) is 93.9 cm³/mol. The van der Waals surface area contributed by atoms with Crippen LogP contribution in [-0.4, -0.2) is 23.0 Å². The first kappa shape index (κ1) is 16.5. The number of carbonyl (C=O) groups is 1. The van der Waals surface area contributed by atoms with Crippen molar-refractivity contribution in [1.82, 2.24) is 10.3 Å². The number of carbonyl (C=O) groups excluding carboxylic acids is 1. The molecule has 1 fully saturated rings. The van der Waals surface area contributed by atoms with E-state index in [1.807, 2.05) is 43.3 Å². The fourth-order valence-corrected chi connectivity index (χ4v) is 3.20. The van der Waals surface area contributed by atoms with Gasteiger partial charge in [0.25, 0.3) is 0 Å². The molecule has 0 aliphatic heterocycles. The van der Waals surface area contributed by atoms with Crippen molar-refractivity contribution in [2.45, 2.75) is 51.2 Å². The number of aromatic nitrogens is 1. The maximum Gasteiger partial charge on any atom is 0.224 e. The third kappa shape index (κ3) is 4.82. The van der Waals surface area contributed by atoms with Crippen LogP contribution in [0.2, 0.25) is 0 Å². The zero-order valence-electron chi connectivity index (χ0n) is 14.1. The SMILES string of the molecule is Cc1cccc(CC(=O)NC2CCC(Oc3ccccn3)CC2)c1. The van der Waals surface area contributed by atoms with Crippen LogP contribution in [0.1, 0.15) is 36.8 Å². The molecular formula is C20H24N2O2. The molecule has 1 aliphatic carbocycles. The van der Waals surface area contributed by atoms with E-state index in [1.54, 1.807) is 6.20 Å². The average Bonchev–Trinajstić information content (AvgIpc) is 2.57.